The molecule has 2 heterocycles. The van der Waals surface area contributed by atoms with Gasteiger partial charge in [0.15, 0.2) is 0 Å². The molecule has 1 aliphatic carbocycles. The first-order valence-electron chi connectivity index (χ1n) is 12.0. The van der Waals surface area contributed by atoms with Crippen LogP contribution < -0.4 is 11.2 Å². The predicted octanol–water partition coefficient (Wildman–Crippen LogP) is 5.01. The smallest absolute Gasteiger partial charge is 0.303 e. The van der Waals surface area contributed by atoms with Gasteiger partial charge in [-0.15, -0.1) is 0 Å². The van der Waals surface area contributed by atoms with E-state index in [2.05, 4.69) is 9.88 Å². The van der Waals surface area contributed by atoms with Gasteiger partial charge in [0.05, 0.1) is 11.1 Å². The number of benzene rings is 2. The summed E-state index contributed by atoms with van der Waals surface area (Å²) in [5.74, 6) is 1.47. The van der Waals surface area contributed by atoms with Crippen LogP contribution in [-0.2, 0) is 12.7 Å². The summed E-state index contributed by atoms with van der Waals surface area (Å²) in [6.45, 7) is 7.42. The van der Waals surface area contributed by atoms with Crippen LogP contribution in [0.25, 0.3) is 11.1 Å². The summed E-state index contributed by atoms with van der Waals surface area (Å²) in [4.78, 5) is 29.1. The van der Waals surface area contributed by atoms with E-state index in [1.54, 1.807) is 30.7 Å². The van der Waals surface area contributed by atoms with Gasteiger partial charge in [-0.1, -0.05) is 23.8 Å². The molecule has 9 heteroatoms. The van der Waals surface area contributed by atoms with E-state index in [9.17, 15) is 27.2 Å². The number of likely N-dealkylation sites (tertiary alicyclic amines) is 1. The van der Waals surface area contributed by atoms with Crippen molar-refractivity contribution in [3.05, 3.63) is 92.0 Å². The summed E-state index contributed by atoms with van der Waals surface area (Å²) in [6.07, 6.45) is -0.361. The van der Waals surface area contributed by atoms with Gasteiger partial charge in [0, 0.05) is 25.8 Å². The molecule has 1 saturated heterocycles. The lowest BCUT2D eigenvalue weighted by atomic mass is 10.0. The maximum absolute atomic E-state index is 13.3. The van der Waals surface area contributed by atoms with Crippen LogP contribution in [0.3, 0.4) is 0 Å². The average Bonchev–Trinajstić information content (AvgIpc) is 3.41. The Hall–Kier alpha value is -3.20. The topological polar surface area (TPSA) is 58.1 Å². The first-order valence-corrected chi connectivity index (χ1v) is 12.0. The SMILES string of the molecule is Cc1cc(F)ccc1-c1cn(CCCN2CC3C[C@H]3C2)c(=O)[nH]c1=O.Cc1ccc(C(F)(F)F)cc1. The van der Waals surface area contributed by atoms with Gasteiger partial charge in [-0.05, 0) is 80.5 Å². The van der Waals surface area contributed by atoms with Gasteiger partial charge in [0.25, 0.3) is 5.56 Å². The summed E-state index contributed by atoms with van der Waals surface area (Å²) >= 11 is 0. The van der Waals surface area contributed by atoms with Gasteiger partial charge in [0.1, 0.15) is 5.82 Å². The largest absolute Gasteiger partial charge is 0.416 e. The van der Waals surface area contributed by atoms with Gasteiger partial charge in [-0.3, -0.25) is 14.3 Å². The Bertz CT molecular complexity index is 1320. The molecule has 2 aliphatic rings. The second-order valence-corrected chi connectivity index (χ2v) is 9.69. The number of alkyl halides is 3. The first kappa shape index (κ1) is 25.9. The first-order chi connectivity index (χ1) is 17.0. The molecule has 5 nitrogen and oxygen atoms in total. The highest BCUT2D eigenvalue weighted by atomic mass is 19.4. The van der Waals surface area contributed by atoms with Crippen molar-refractivity contribution in [1.29, 1.82) is 0 Å². The third-order valence-corrected chi connectivity index (χ3v) is 6.80. The van der Waals surface area contributed by atoms with Crippen molar-refractivity contribution in [2.24, 2.45) is 11.8 Å². The number of aromatic amines is 1. The molecule has 2 fully saturated rings. The molecule has 2 aromatic carbocycles. The Labute approximate surface area is 206 Å². The number of aryl methyl sites for hydroxylation is 3. The third-order valence-electron chi connectivity index (χ3n) is 6.80. The van der Waals surface area contributed by atoms with E-state index >= 15 is 0 Å². The van der Waals surface area contributed by atoms with E-state index in [-0.39, 0.29) is 5.82 Å². The van der Waals surface area contributed by atoms with Crippen molar-refractivity contribution in [2.75, 3.05) is 19.6 Å². The van der Waals surface area contributed by atoms with Crippen LogP contribution in [0.2, 0.25) is 0 Å². The maximum Gasteiger partial charge on any atom is 0.416 e. The number of halogens is 4. The minimum Gasteiger partial charge on any atom is -0.303 e. The maximum atomic E-state index is 13.3. The van der Waals surface area contributed by atoms with Gasteiger partial charge in [-0.2, -0.15) is 13.2 Å². The molecular weight excluding hydrogens is 474 g/mol. The molecule has 192 valence electrons. The van der Waals surface area contributed by atoms with Gasteiger partial charge in [-0.25, -0.2) is 9.18 Å². The van der Waals surface area contributed by atoms with E-state index in [4.69, 9.17) is 0 Å². The zero-order valence-electron chi connectivity index (χ0n) is 20.2. The lowest BCUT2D eigenvalue weighted by Gasteiger charge is -2.17. The summed E-state index contributed by atoms with van der Waals surface area (Å²) in [5, 5.41) is 0. The number of H-pyrrole nitrogens is 1. The molecule has 0 bridgehead atoms. The minimum atomic E-state index is -4.21. The Balaban J connectivity index is 0.000000233. The molecule has 0 spiro atoms. The highest BCUT2D eigenvalue weighted by Gasteiger charge is 2.44. The normalized spacial score (nSPS) is 18.9. The molecule has 2 atom stereocenters. The highest BCUT2D eigenvalue weighted by Crippen LogP contribution is 2.44. The number of nitrogens with zero attached hydrogens (tertiary/aromatic N) is 2. The zero-order chi connectivity index (χ0) is 26.0. The summed E-state index contributed by atoms with van der Waals surface area (Å²) in [6, 6.07) is 9.36. The number of hydrogen-bond acceptors (Lipinski definition) is 3. The predicted molar refractivity (Wildman–Crippen MR) is 130 cm³/mol. The zero-order valence-corrected chi connectivity index (χ0v) is 20.2. The fourth-order valence-corrected chi connectivity index (χ4v) is 4.68. The molecule has 1 N–H and O–H groups in total. The standard InChI is InChI=1S/C19H22FN3O2.C8H7F3/c1-12-7-15(20)3-4-16(12)17-11-23(19(25)21-18(17)24)6-2-5-22-9-13-8-14(13)10-22;1-6-2-4-7(5-3-6)8(9,10)11/h3-4,7,11,13-14H,2,5-6,8-10H2,1H3,(H,21,24,25);2-5H,1H3/t13-,14?;/m0./s1. The molecule has 0 radical (unpaired) electrons. The molecule has 0 amide bonds. The lowest BCUT2D eigenvalue weighted by Crippen LogP contribution is -2.32. The van der Waals surface area contributed by atoms with Crippen LogP contribution in [0.1, 0.15) is 29.5 Å². The van der Waals surface area contributed by atoms with Crippen molar-refractivity contribution in [1.82, 2.24) is 14.5 Å². The van der Waals surface area contributed by atoms with E-state index in [0.29, 0.717) is 23.2 Å². The van der Waals surface area contributed by atoms with Crippen molar-refractivity contribution >= 4 is 0 Å². The molecular formula is C27H29F4N3O2. The summed E-state index contributed by atoms with van der Waals surface area (Å²) < 4.78 is 50.6. The molecule has 1 saturated carbocycles. The third kappa shape index (κ3) is 6.32. The Morgan fingerprint density at radius 3 is 2.22 bits per heavy atom. The number of aromatic nitrogens is 2. The second-order valence-electron chi connectivity index (χ2n) is 9.69. The van der Waals surface area contributed by atoms with Gasteiger partial charge < -0.3 is 4.90 Å². The molecule has 36 heavy (non-hydrogen) atoms. The van der Waals surface area contributed by atoms with Gasteiger partial charge in [0.2, 0.25) is 0 Å². The van der Waals surface area contributed by atoms with Crippen LogP contribution in [0.4, 0.5) is 17.6 Å². The van der Waals surface area contributed by atoms with E-state index < -0.39 is 23.0 Å². The van der Waals surface area contributed by atoms with Crippen LogP contribution in [0.15, 0.2) is 58.3 Å². The van der Waals surface area contributed by atoms with Crippen LogP contribution >= 0.6 is 0 Å². The second kappa shape index (κ2) is 10.4. The Kier molecular flexibility index (Phi) is 7.49. The number of rotatable bonds is 5. The van der Waals surface area contributed by atoms with Crippen molar-refractivity contribution in [3.8, 4) is 11.1 Å². The Morgan fingerprint density at radius 1 is 0.944 bits per heavy atom. The number of piperidine rings is 1. The molecule has 5 rings (SSSR count). The van der Waals surface area contributed by atoms with E-state index in [1.807, 2.05) is 0 Å². The van der Waals surface area contributed by atoms with Gasteiger partial charge >= 0.3 is 11.9 Å². The molecule has 1 unspecified atom stereocenters. The van der Waals surface area contributed by atoms with Crippen LogP contribution in [0.5, 0.6) is 0 Å². The van der Waals surface area contributed by atoms with Crippen molar-refractivity contribution in [3.63, 3.8) is 0 Å². The Morgan fingerprint density at radius 2 is 1.61 bits per heavy atom. The number of nitrogens with one attached hydrogen (secondary N) is 1. The monoisotopic (exact) mass is 503 g/mol. The number of hydrogen-bond donors (Lipinski definition) is 1. The molecule has 3 aromatic rings. The minimum absolute atomic E-state index is 0.338. The quantitative estimate of drug-likeness (QED) is 0.499. The van der Waals surface area contributed by atoms with Crippen molar-refractivity contribution in [2.45, 2.75) is 39.4 Å². The number of fused-ring (bicyclic) bond motifs is 1. The van der Waals surface area contributed by atoms with Crippen LogP contribution in [0, 0.1) is 31.5 Å². The van der Waals surface area contributed by atoms with Crippen molar-refractivity contribution < 1.29 is 17.6 Å². The van der Waals surface area contributed by atoms with E-state index in [0.717, 1.165) is 42.5 Å². The van der Waals surface area contributed by atoms with E-state index in [1.165, 1.54) is 43.8 Å². The lowest BCUT2D eigenvalue weighted by molar-refractivity contribution is -0.137. The fraction of sp³-hybridized carbons (Fsp3) is 0.407. The van der Waals surface area contributed by atoms with Crippen LogP contribution in [-0.4, -0.2) is 34.1 Å². The average molecular weight is 504 g/mol. The highest BCUT2D eigenvalue weighted by molar-refractivity contribution is 5.65. The summed E-state index contributed by atoms with van der Waals surface area (Å²) in [7, 11) is 0. The summed E-state index contributed by atoms with van der Waals surface area (Å²) in [5.41, 5.74) is 1.14. The molecule has 1 aliphatic heterocycles. The fourth-order valence-electron chi connectivity index (χ4n) is 4.68. The molecule has 1 aromatic heterocycles.